The molecule has 1 aliphatic rings. The molecule has 1 aliphatic heterocycles. The minimum atomic E-state index is -1.02. The van der Waals surface area contributed by atoms with Gasteiger partial charge in [0.05, 0.1) is 53.2 Å². The van der Waals surface area contributed by atoms with Crippen LogP contribution in [0.4, 0.5) is 4.39 Å². The molecule has 0 amide bonds. The summed E-state index contributed by atoms with van der Waals surface area (Å²) in [7, 11) is 0. The average molecular weight is 577 g/mol. The van der Waals surface area contributed by atoms with E-state index < -0.39 is 11.8 Å². The third-order valence-corrected chi connectivity index (χ3v) is 7.86. The lowest BCUT2D eigenvalue weighted by molar-refractivity contribution is 0.0697. The number of carboxylic acid groups (broad SMARTS) is 1. The number of hydrogen-bond donors (Lipinski definition) is 1. The molecule has 3 aromatic carbocycles. The van der Waals surface area contributed by atoms with Gasteiger partial charge in [-0.05, 0) is 53.6 Å². The number of hydrogen-bond acceptors (Lipinski definition) is 6. The number of carboxylic acids is 1. The standard InChI is InChI=1S/C34H29FN4O4/c1-34(2)20-42-19-30(34)39-29-15-25(33(40)41)12-13-28(29)37-31(39)16-23-10-11-24(14-26(23)35)27-4-3-5-32(38-27)43-18-22-8-6-21(17-36)7-9-22/h3-15,30H,16,18-20H2,1-2H3,(H,40,41)/t30-/m1/s1. The lowest BCUT2D eigenvalue weighted by atomic mass is 9.87. The van der Waals surface area contributed by atoms with Gasteiger partial charge < -0.3 is 19.1 Å². The summed E-state index contributed by atoms with van der Waals surface area (Å²) in [6, 6.07) is 24.4. The maximum atomic E-state index is 15.6. The summed E-state index contributed by atoms with van der Waals surface area (Å²) < 4.78 is 29.3. The summed E-state index contributed by atoms with van der Waals surface area (Å²) in [5.74, 6) is -0.363. The van der Waals surface area contributed by atoms with Gasteiger partial charge in [-0.15, -0.1) is 0 Å². The van der Waals surface area contributed by atoms with E-state index in [0.29, 0.717) is 58.3 Å². The van der Waals surface area contributed by atoms with E-state index in [0.717, 1.165) is 5.56 Å². The first-order valence-electron chi connectivity index (χ1n) is 13.9. The van der Waals surface area contributed by atoms with Crippen LogP contribution in [0.2, 0.25) is 0 Å². The molecular weight excluding hydrogens is 547 g/mol. The van der Waals surface area contributed by atoms with Gasteiger partial charge in [-0.2, -0.15) is 5.26 Å². The number of rotatable bonds is 8. The molecule has 6 rings (SSSR count). The van der Waals surface area contributed by atoms with Gasteiger partial charge in [-0.3, -0.25) is 0 Å². The van der Waals surface area contributed by atoms with Crippen LogP contribution in [0.5, 0.6) is 5.88 Å². The van der Waals surface area contributed by atoms with Gasteiger partial charge in [0.15, 0.2) is 0 Å². The summed E-state index contributed by atoms with van der Waals surface area (Å²) in [4.78, 5) is 21.1. The normalized spacial score (nSPS) is 15.8. The lowest BCUT2D eigenvalue weighted by Crippen LogP contribution is -2.27. The summed E-state index contributed by atoms with van der Waals surface area (Å²) >= 11 is 0. The van der Waals surface area contributed by atoms with Crippen molar-refractivity contribution in [3.8, 4) is 23.2 Å². The van der Waals surface area contributed by atoms with Crippen LogP contribution >= 0.6 is 0 Å². The van der Waals surface area contributed by atoms with Crippen molar-refractivity contribution in [1.82, 2.24) is 14.5 Å². The Morgan fingerprint density at radius 1 is 1.12 bits per heavy atom. The average Bonchev–Trinajstić information content (AvgIpc) is 3.54. The SMILES string of the molecule is CC1(C)COC[C@H]1n1c(Cc2ccc(-c3cccc(OCc4ccc(C#N)cc4)n3)cc2F)nc2ccc(C(=O)O)cc21. The molecule has 0 spiro atoms. The van der Waals surface area contributed by atoms with Crippen molar-refractivity contribution in [3.63, 3.8) is 0 Å². The highest BCUT2D eigenvalue weighted by atomic mass is 19.1. The highest BCUT2D eigenvalue weighted by Crippen LogP contribution is 2.40. The predicted octanol–water partition coefficient (Wildman–Crippen LogP) is 6.57. The van der Waals surface area contributed by atoms with E-state index in [1.165, 1.54) is 12.1 Å². The van der Waals surface area contributed by atoms with Crippen LogP contribution in [0.15, 0.2) is 78.9 Å². The third-order valence-electron chi connectivity index (χ3n) is 7.86. The van der Waals surface area contributed by atoms with Crippen molar-refractivity contribution in [3.05, 3.63) is 113 Å². The summed E-state index contributed by atoms with van der Waals surface area (Å²) in [6.45, 7) is 5.51. The molecule has 1 atom stereocenters. The number of nitrogens with zero attached hydrogens (tertiary/aromatic N) is 4. The van der Waals surface area contributed by atoms with Crippen LogP contribution in [-0.2, 0) is 17.8 Å². The molecule has 43 heavy (non-hydrogen) atoms. The number of imidazole rings is 1. The Kier molecular flexibility index (Phi) is 7.38. The Balaban J connectivity index is 1.27. The number of benzene rings is 3. The minimum Gasteiger partial charge on any atom is -0.478 e. The fraction of sp³-hybridized carbons (Fsp3) is 0.235. The van der Waals surface area contributed by atoms with E-state index in [9.17, 15) is 9.90 Å². The van der Waals surface area contributed by atoms with Crippen LogP contribution < -0.4 is 4.74 Å². The van der Waals surface area contributed by atoms with Crippen LogP contribution in [0.25, 0.3) is 22.3 Å². The predicted molar refractivity (Wildman–Crippen MR) is 158 cm³/mol. The number of carbonyl (C=O) groups is 1. The minimum absolute atomic E-state index is 0.0879. The van der Waals surface area contributed by atoms with Gasteiger partial charge in [-0.1, -0.05) is 44.2 Å². The fourth-order valence-electron chi connectivity index (χ4n) is 5.44. The molecule has 0 unspecified atom stereocenters. The number of fused-ring (bicyclic) bond motifs is 1. The number of ether oxygens (including phenoxy) is 2. The fourth-order valence-corrected chi connectivity index (χ4v) is 5.44. The molecule has 1 saturated heterocycles. The Hall–Kier alpha value is -5.07. The first-order chi connectivity index (χ1) is 20.7. The molecule has 2 aromatic heterocycles. The molecule has 9 heteroatoms. The topological polar surface area (TPSA) is 110 Å². The number of aromatic nitrogens is 3. The van der Waals surface area contributed by atoms with Gasteiger partial charge in [-0.25, -0.2) is 19.2 Å². The molecule has 3 heterocycles. The van der Waals surface area contributed by atoms with Crippen molar-refractivity contribution < 1.29 is 23.8 Å². The van der Waals surface area contributed by atoms with E-state index in [2.05, 4.69) is 24.9 Å². The van der Waals surface area contributed by atoms with Crippen molar-refractivity contribution in [2.24, 2.45) is 5.41 Å². The molecule has 0 radical (unpaired) electrons. The molecule has 5 aromatic rings. The first-order valence-corrected chi connectivity index (χ1v) is 13.9. The molecule has 216 valence electrons. The summed E-state index contributed by atoms with van der Waals surface area (Å²) in [5.41, 5.74) is 4.42. The van der Waals surface area contributed by atoms with Crippen LogP contribution in [-0.4, -0.2) is 38.8 Å². The highest BCUT2D eigenvalue weighted by molar-refractivity contribution is 5.92. The zero-order valence-corrected chi connectivity index (χ0v) is 23.8. The van der Waals surface area contributed by atoms with E-state index >= 15 is 4.39 Å². The van der Waals surface area contributed by atoms with Crippen molar-refractivity contribution in [2.45, 2.75) is 32.9 Å². The Morgan fingerprint density at radius 3 is 2.63 bits per heavy atom. The molecule has 8 nitrogen and oxygen atoms in total. The zero-order valence-electron chi connectivity index (χ0n) is 23.8. The molecule has 0 aliphatic carbocycles. The molecule has 1 fully saturated rings. The summed E-state index contributed by atoms with van der Waals surface area (Å²) in [5, 5.41) is 18.6. The second kappa shape index (κ2) is 11.3. The van der Waals surface area contributed by atoms with Crippen LogP contribution in [0, 0.1) is 22.6 Å². The van der Waals surface area contributed by atoms with Gasteiger partial charge in [0, 0.05) is 23.5 Å². The van der Waals surface area contributed by atoms with Gasteiger partial charge >= 0.3 is 5.97 Å². The number of aromatic carboxylic acids is 1. The number of nitriles is 1. The molecule has 1 N–H and O–H groups in total. The van der Waals surface area contributed by atoms with E-state index in [-0.39, 0.29) is 30.0 Å². The first kappa shape index (κ1) is 28.1. The second-order valence-corrected chi connectivity index (χ2v) is 11.4. The Labute approximate surface area is 248 Å². The van der Waals surface area contributed by atoms with Crippen LogP contribution in [0.3, 0.4) is 0 Å². The highest BCUT2D eigenvalue weighted by Gasteiger charge is 2.39. The van der Waals surface area contributed by atoms with Crippen molar-refractivity contribution in [2.75, 3.05) is 13.2 Å². The van der Waals surface area contributed by atoms with Crippen LogP contribution in [0.1, 0.15) is 52.8 Å². The van der Waals surface area contributed by atoms with E-state index in [4.69, 9.17) is 19.7 Å². The quantitative estimate of drug-likeness (QED) is 0.222. The largest absolute Gasteiger partial charge is 0.478 e. The molecule has 0 saturated carbocycles. The summed E-state index contributed by atoms with van der Waals surface area (Å²) in [6.07, 6.45) is 0.219. The van der Waals surface area contributed by atoms with Crippen molar-refractivity contribution >= 4 is 17.0 Å². The van der Waals surface area contributed by atoms with Gasteiger partial charge in [0.1, 0.15) is 18.2 Å². The Bertz CT molecular complexity index is 1870. The maximum absolute atomic E-state index is 15.6. The van der Waals surface area contributed by atoms with Gasteiger partial charge in [0.2, 0.25) is 5.88 Å². The Morgan fingerprint density at radius 2 is 1.93 bits per heavy atom. The maximum Gasteiger partial charge on any atom is 0.335 e. The number of pyridine rings is 1. The lowest BCUT2D eigenvalue weighted by Gasteiger charge is -2.28. The number of halogens is 1. The van der Waals surface area contributed by atoms with Gasteiger partial charge in [0.25, 0.3) is 0 Å². The van der Waals surface area contributed by atoms with E-state index in [1.807, 2.05) is 22.8 Å². The van der Waals surface area contributed by atoms with Crippen molar-refractivity contribution in [1.29, 1.82) is 5.26 Å². The molecular formula is C34H29FN4O4. The third kappa shape index (κ3) is 5.70. The monoisotopic (exact) mass is 576 g/mol. The second-order valence-electron chi connectivity index (χ2n) is 11.4. The smallest absolute Gasteiger partial charge is 0.335 e. The van der Waals surface area contributed by atoms with E-state index in [1.54, 1.807) is 48.5 Å². The molecule has 0 bridgehead atoms. The zero-order chi connectivity index (χ0) is 30.1.